The number of carbonyl (C=O) groups excluding carboxylic acids is 4. The molecule has 0 bridgehead atoms. The standard InChI is InChI=1S/C45H39N3O5S2/c1-28(41(49)48-44-40(45(52)53-2)37-24-23-32(26-39(37)55-44)29-13-5-3-6-14-29)54-35-21-12-20-34(27-35)46-43(51)38(47-42(50)31-16-7-4-8-17-31)25-33-19-11-18-30-15-9-10-22-36(30)33/h3-22,25,27-28,32H,23-24,26H2,1-2H3,(H,46,51)(H,47,50)(H,48,49)/b38-25+. The van der Waals surface area contributed by atoms with Crippen molar-refractivity contribution in [2.45, 2.75) is 42.2 Å². The van der Waals surface area contributed by atoms with E-state index in [-0.39, 0.29) is 11.6 Å². The number of thiophene rings is 1. The van der Waals surface area contributed by atoms with Gasteiger partial charge < -0.3 is 20.7 Å². The molecule has 0 radical (unpaired) electrons. The third-order valence-electron chi connectivity index (χ3n) is 9.59. The highest BCUT2D eigenvalue weighted by Crippen LogP contribution is 2.43. The van der Waals surface area contributed by atoms with Gasteiger partial charge in [0.15, 0.2) is 0 Å². The fourth-order valence-corrected chi connectivity index (χ4v) is 9.04. The maximum Gasteiger partial charge on any atom is 0.341 e. The molecule has 0 saturated carbocycles. The maximum atomic E-state index is 13.9. The molecule has 2 atom stereocenters. The second-order valence-corrected chi connectivity index (χ2v) is 15.7. The molecule has 2 unspecified atom stereocenters. The molecule has 6 aromatic rings. The normalized spacial score (nSPS) is 14.4. The summed E-state index contributed by atoms with van der Waals surface area (Å²) < 4.78 is 5.16. The fourth-order valence-electron chi connectivity index (χ4n) is 6.79. The molecule has 55 heavy (non-hydrogen) atoms. The number of hydrogen-bond acceptors (Lipinski definition) is 7. The number of nitrogens with one attached hydrogen (secondary N) is 3. The Labute approximate surface area is 328 Å². The Morgan fingerprint density at radius 2 is 1.55 bits per heavy atom. The Hall–Kier alpha value is -5.97. The zero-order valence-electron chi connectivity index (χ0n) is 30.3. The van der Waals surface area contributed by atoms with Gasteiger partial charge in [0.05, 0.1) is 17.9 Å². The first-order valence-electron chi connectivity index (χ1n) is 18.0. The number of benzene rings is 5. The fraction of sp³-hybridized carbons (Fsp3) is 0.156. The zero-order chi connectivity index (χ0) is 38.3. The first-order chi connectivity index (χ1) is 26.8. The first-order valence-corrected chi connectivity index (χ1v) is 19.7. The molecule has 5 aromatic carbocycles. The third kappa shape index (κ3) is 8.72. The summed E-state index contributed by atoms with van der Waals surface area (Å²) in [5, 5.41) is 10.7. The lowest BCUT2D eigenvalue weighted by atomic mass is 9.83. The van der Waals surface area contributed by atoms with Crippen molar-refractivity contribution in [2.75, 3.05) is 17.7 Å². The van der Waals surface area contributed by atoms with E-state index in [4.69, 9.17) is 4.74 Å². The second kappa shape index (κ2) is 17.0. The molecule has 0 saturated heterocycles. The quantitative estimate of drug-likeness (QED) is 0.0688. The van der Waals surface area contributed by atoms with Crippen molar-refractivity contribution in [1.82, 2.24) is 5.32 Å². The molecule has 8 nitrogen and oxygen atoms in total. The van der Waals surface area contributed by atoms with Gasteiger partial charge in [-0.25, -0.2) is 4.79 Å². The summed E-state index contributed by atoms with van der Waals surface area (Å²) in [5.74, 6) is -1.29. The number of anilines is 2. The number of rotatable bonds is 11. The molecule has 1 aliphatic rings. The van der Waals surface area contributed by atoms with E-state index in [1.54, 1.807) is 55.5 Å². The monoisotopic (exact) mass is 765 g/mol. The highest BCUT2D eigenvalue weighted by atomic mass is 32.2. The van der Waals surface area contributed by atoms with Gasteiger partial charge in [-0.3, -0.25) is 14.4 Å². The SMILES string of the molecule is COC(=O)c1c(NC(=O)C(C)Sc2cccc(NC(=O)/C(=C\c3cccc4ccccc34)NC(=O)c3ccccc3)c2)sc2c1CCC(c1ccccc1)C2. The number of methoxy groups -OCH3 is 1. The molecule has 0 aliphatic heterocycles. The molecule has 1 heterocycles. The molecule has 0 spiro atoms. The predicted octanol–water partition coefficient (Wildman–Crippen LogP) is 9.49. The summed E-state index contributed by atoms with van der Waals surface area (Å²) in [5.41, 5.74) is 4.43. The minimum Gasteiger partial charge on any atom is -0.465 e. The van der Waals surface area contributed by atoms with Crippen molar-refractivity contribution in [1.29, 1.82) is 0 Å². The van der Waals surface area contributed by atoms with E-state index in [9.17, 15) is 19.2 Å². The van der Waals surface area contributed by atoms with Crippen LogP contribution in [0.2, 0.25) is 0 Å². The average Bonchev–Trinajstić information content (AvgIpc) is 3.58. The molecule has 7 rings (SSSR count). The largest absolute Gasteiger partial charge is 0.465 e. The van der Waals surface area contributed by atoms with Crippen molar-refractivity contribution in [3.05, 3.63) is 166 Å². The molecular formula is C45H39N3O5S2. The Morgan fingerprint density at radius 1 is 0.836 bits per heavy atom. The molecule has 3 amide bonds. The van der Waals surface area contributed by atoms with Crippen LogP contribution in [0, 0.1) is 0 Å². The summed E-state index contributed by atoms with van der Waals surface area (Å²) in [6.45, 7) is 1.80. The van der Waals surface area contributed by atoms with Crippen LogP contribution in [0.3, 0.4) is 0 Å². The van der Waals surface area contributed by atoms with Gasteiger partial charge in [0.1, 0.15) is 10.7 Å². The van der Waals surface area contributed by atoms with E-state index >= 15 is 0 Å². The number of carbonyl (C=O) groups is 4. The van der Waals surface area contributed by atoms with Crippen LogP contribution in [0.15, 0.2) is 138 Å². The lowest BCUT2D eigenvalue weighted by Crippen LogP contribution is -2.30. The third-order valence-corrected chi connectivity index (χ3v) is 11.9. The minimum atomic E-state index is -0.542. The van der Waals surface area contributed by atoms with Gasteiger partial charge in [-0.05, 0) is 96.0 Å². The zero-order valence-corrected chi connectivity index (χ0v) is 32.0. The Kier molecular flexibility index (Phi) is 11.6. The van der Waals surface area contributed by atoms with Crippen molar-refractivity contribution in [3.63, 3.8) is 0 Å². The van der Waals surface area contributed by atoms with Crippen LogP contribution in [0.25, 0.3) is 16.8 Å². The number of amides is 3. The van der Waals surface area contributed by atoms with Gasteiger partial charge in [-0.2, -0.15) is 0 Å². The number of fused-ring (bicyclic) bond motifs is 2. The maximum absolute atomic E-state index is 13.9. The van der Waals surface area contributed by atoms with Crippen molar-refractivity contribution in [2.24, 2.45) is 0 Å². The van der Waals surface area contributed by atoms with Crippen molar-refractivity contribution < 1.29 is 23.9 Å². The Bertz CT molecular complexity index is 2400. The van der Waals surface area contributed by atoms with Gasteiger partial charge in [0.25, 0.3) is 11.8 Å². The molecule has 276 valence electrons. The highest BCUT2D eigenvalue weighted by molar-refractivity contribution is 8.00. The summed E-state index contributed by atoms with van der Waals surface area (Å²) in [6, 6.07) is 39.9. The number of ether oxygens (including phenoxy) is 1. The van der Waals surface area contributed by atoms with Crippen LogP contribution < -0.4 is 16.0 Å². The molecule has 1 aliphatic carbocycles. The molecule has 1 aromatic heterocycles. The molecular weight excluding hydrogens is 727 g/mol. The van der Waals surface area contributed by atoms with Crippen LogP contribution >= 0.6 is 23.1 Å². The van der Waals surface area contributed by atoms with Crippen LogP contribution in [-0.2, 0) is 27.2 Å². The average molecular weight is 766 g/mol. The van der Waals surface area contributed by atoms with Gasteiger partial charge in [-0.15, -0.1) is 23.1 Å². The van der Waals surface area contributed by atoms with E-state index in [2.05, 4.69) is 28.1 Å². The predicted molar refractivity (Wildman–Crippen MR) is 222 cm³/mol. The Morgan fingerprint density at radius 3 is 2.33 bits per heavy atom. The molecule has 3 N–H and O–H groups in total. The minimum absolute atomic E-state index is 0.0751. The summed E-state index contributed by atoms with van der Waals surface area (Å²) in [6.07, 6.45) is 4.10. The first kappa shape index (κ1) is 37.3. The van der Waals surface area contributed by atoms with Gasteiger partial charge in [0.2, 0.25) is 5.91 Å². The number of esters is 1. The highest BCUT2D eigenvalue weighted by Gasteiger charge is 2.31. The van der Waals surface area contributed by atoms with Gasteiger partial charge in [0, 0.05) is 21.0 Å². The lowest BCUT2D eigenvalue weighted by molar-refractivity contribution is -0.115. The van der Waals surface area contributed by atoms with Crippen LogP contribution in [0.4, 0.5) is 10.7 Å². The van der Waals surface area contributed by atoms with E-state index < -0.39 is 23.0 Å². The lowest BCUT2D eigenvalue weighted by Gasteiger charge is -2.22. The van der Waals surface area contributed by atoms with Gasteiger partial charge >= 0.3 is 5.97 Å². The van der Waals surface area contributed by atoms with E-state index in [0.717, 1.165) is 50.9 Å². The van der Waals surface area contributed by atoms with Crippen LogP contribution in [-0.4, -0.2) is 36.1 Å². The topological polar surface area (TPSA) is 114 Å². The summed E-state index contributed by atoms with van der Waals surface area (Å²) >= 11 is 2.77. The van der Waals surface area contributed by atoms with Gasteiger partial charge in [-0.1, -0.05) is 97.1 Å². The van der Waals surface area contributed by atoms with Crippen LogP contribution in [0.5, 0.6) is 0 Å². The van der Waals surface area contributed by atoms with E-state index in [1.807, 2.05) is 72.8 Å². The van der Waals surface area contributed by atoms with Crippen LogP contribution in [0.1, 0.15) is 61.5 Å². The summed E-state index contributed by atoms with van der Waals surface area (Å²) in [7, 11) is 1.36. The molecule has 10 heteroatoms. The Balaban J connectivity index is 1.07. The second-order valence-electron chi connectivity index (χ2n) is 13.2. The van der Waals surface area contributed by atoms with Crippen molar-refractivity contribution >= 4 is 74.3 Å². The summed E-state index contributed by atoms with van der Waals surface area (Å²) in [4.78, 5) is 55.6. The number of hydrogen-bond donors (Lipinski definition) is 3. The smallest absolute Gasteiger partial charge is 0.341 e. The van der Waals surface area contributed by atoms with Crippen molar-refractivity contribution in [3.8, 4) is 0 Å². The van der Waals surface area contributed by atoms with E-state index in [0.29, 0.717) is 27.7 Å². The van der Waals surface area contributed by atoms with E-state index in [1.165, 1.54) is 35.8 Å². The molecule has 0 fully saturated rings. The number of thioether (sulfide) groups is 1.